The smallest absolute Gasteiger partial charge is 0.227 e. The summed E-state index contributed by atoms with van der Waals surface area (Å²) in [5.74, 6) is 0.0925. The summed E-state index contributed by atoms with van der Waals surface area (Å²) in [6.45, 7) is 0.525. The first-order valence-electron chi connectivity index (χ1n) is 5.13. The third-order valence-electron chi connectivity index (χ3n) is 2.75. The average Bonchev–Trinajstić information content (AvgIpc) is 2.59. The van der Waals surface area contributed by atoms with Crippen molar-refractivity contribution >= 4 is 44.8 Å². The Labute approximate surface area is 112 Å². The minimum absolute atomic E-state index is 0.0327. The first kappa shape index (κ1) is 12.6. The van der Waals surface area contributed by atoms with Gasteiger partial charge in [0.25, 0.3) is 0 Å². The number of hydrogen-bond acceptors (Lipinski definition) is 2. The van der Waals surface area contributed by atoms with Gasteiger partial charge in [0.2, 0.25) is 5.91 Å². The number of carbonyl (C=O) groups is 1. The maximum atomic E-state index is 13.1. The van der Waals surface area contributed by atoms with E-state index in [0.717, 1.165) is 0 Å². The number of benzene rings is 1. The number of nitrogens with two attached hydrogens (primary N) is 1. The summed E-state index contributed by atoms with van der Waals surface area (Å²) in [5.41, 5.74) is 6.54. The number of alkyl halides is 1. The van der Waals surface area contributed by atoms with Crippen LogP contribution in [-0.2, 0) is 4.79 Å². The molecular weight excluding hydrogens is 310 g/mol. The molecule has 92 valence electrons. The summed E-state index contributed by atoms with van der Waals surface area (Å²) in [4.78, 5) is 13.4. The van der Waals surface area contributed by atoms with Crippen LogP contribution in [0.1, 0.15) is 6.42 Å². The fraction of sp³-hybridized carbons (Fsp3) is 0.364. The fourth-order valence-electron chi connectivity index (χ4n) is 1.97. The second-order valence-electron chi connectivity index (χ2n) is 4.05. The standard InChI is InChI=1S/C11H11BrClFN2O/c12-8-2-7(14)3-9(15)11(8)16-5-6(4-13)1-10(16)17/h2-3,6H,1,4-5,15H2. The normalized spacial score (nSPS) is 20.1. The Kier molecular flexibility index (Phi) is 3.58. The van der Waals surface area contributed by atoms with Gasteiger partial charge < -0.3 is 10.6 Å². The average molecular weight is 322 g/mol. The van der Waals surface area contributed by atoms with Crippen molar-refractivity contribution in [3.8, 4) is 0 Å². The van der Waals surface area contributed by atoms with Crippen molar-refractivity contribution < 1.29 is 9.18 Å². The number of rotatable bonds is 2. The van der Waals surface area contributed by atoms with Crippen molar-refractivity contribution in [2.24, 2.45) is 5.92 Å². The second-order valence-corrected chi connectivity index (χ2v) is 5.22. The topological polar surface area (TPSA) is 46.3 Å². The lowest BCUT2D eigenvalue weighted by Crippen LogP contribution is -2.26. The molecule has 17 heavy (non-hydrogen) atoms. The minimum atomic E-state index is -0.432. The molecule has 0 spiro atoms. The highest BCUT2D eigenvalue weighted by molar-refractivity contribution is 9.10. The van der Waals surface area contributed by atoms with E-state index in [0.29, 0.717) is 29.0 Å². The van der Waals surface area contributed by atoms with Gasteiger partial charge >= 0.3 is 0 Å². The molecule has 0 aliphatic carbocycles. The second kappa shape index (κ2) is 4.82. The molecule has 0 bridgehead atoms. The van der Waals surface area contributed by atoms with E-state index in [9.17, 15) is 9.18 Å². The van der Waals surface area contributed by atoms with Crippen LogP contribution in [-0.4, -0.2) is 18.3 Å². The maximum Gasteiger partial charge on any atom is 0.227 e. The molecule has 6 heteroatoms. The van der Waals surface area contributed by atoms with Gasteiger partial charge in [0, 0.05) is 23.3 Å². The number of anilines is 2. The van der Waals surface area contributed by atoms with Crippen LogP contribution in [0, 0.1) is 11.7 Å². The van der Waals surface area contributed by atoms with E-state index in [-0.39, 0.29) is 17.5 Å². The highest BCUT2D eigenvalue weighted by atomic mass is 79.9. The van der Waals surface area contributed by atoms with Crippen LogP contribution >= 0.6 is 27.5 Å². The van der Waals surface area contributed by atoms with Crippen LogP contribution in [0.2, 0.25) is 0 Å². The lowest BCUT2D eigenvalue weighted by molar-refractivity contribution is -0.117. The summed E-state index contributed by atoms with van der Waals surface area (Å²) in [7, 11) is 0. The van der Waals surface area contributed by atoms with Crippen LogP contribution in [0.25, 0.3) is 0 Å². The Morgan fingerprint density at radius 3 is 2.82 bits per heavy atom. The highest BCUT2D eigenvalue weighted by Gasteiger charge is 2.32. The highest BCUT2D eigenvalue weighted by Crippen LogP contribution is 2.37. The molecule has 0 saturated carbocycles. The molecule has 1 aromatic rings. The summed E-state index contributed by atoms with van der Waals surface area (Å²) >= 11 is 8.98. The Morgan fingerprint density at radius 2 is 2.29 bits per heavy atom. The van der Waals surface area contributed by atoms with Gasteiger partial charge in [-0.3, -0.25) is 4.79 Å². The maximum absolute atomic E-state index is 13.1. The van der Waals surface area contributed by atoms with Crippen molar-refractivity contribution in [1.82, 2.24) is 0 Å². The molecule has 1 saturated heterocycles. The first-order valence-corrected chi connectivity index (χ1v) is 6.46. The van der Waals surface area contributed by atoms with E-state index in [1.807, 2.05) is 0 Å². The van der Waals surface area contributed by atoms with E-state index < -0.39 is 5.82 Å². The molecular formula is C11H11BrClFN2O. The summed E-state index contributed by atoms with van der Waals surface area (Å²) in [6.07, 6.45) is 0.409. The van der Waals surface area contributed by atoms with Crippen LogP contribution in [0.3, 0.4) is 0 Å². The zero-order chi connectivity index (χ0) is 12.6. The van der Waals surface area contributed by atoms with E-state index >= 15 is 0 Å². The molecule has 1 fully saturated rings. The minimum Gasteiger partial charge on any atom is -0.397 e. The van der Waals surface area contributed by atoms with Crippen molar-refractivity contribution in [3.63, 3.8) is 0 Å². The monoisotopic (exact) mass is 320 g/mol. The predicted molar refractivity (Wildman–Crippen MR) is 69.7 cm³/mol. The molecule has 2 N–H and O–H groups in total. The number of nitrogen functional groups attached to an aromatic ring is 1. The van der Waals surface area contributed by atoms with Gasteiger partial charge in [0.15, 0.2) is 0 Å². The summed E-state index contributed by atoms with van der Waals surface area (Å²) in [6, 6.07) is 2.51. The molecule has 3 nitrogen and oxygen atoms in total. The zero-order valence-corrected chi connectivity index (χ0v) is 11.3. The Hall–Kier alpha value is -0.810. The molecule has 1 unspecified atom stereocenters. The van der Waals surface area contributed by atoms with Crippen molar-refractivity contribution in [1.29, 1.82) is 0 Å². The van der Waals surface area contributed by atoms with Crippen molar-refractivity contribution in [3.05, 3.63) is 22.4 Å². The number of amides is 1. The molecule has 1 aliphatic heterocycles. The molecule has 1 aromatic carbocycles. The largest absolute Gasteiger partial charge is 0.397 e. The Bertz CT molecular complexity index is 446. The SMILES string of the molecule is Nc1cc(F)cc(Br)c1N1CC(CCl)CC1=O. The quantitative estimate of drug-likeness (QED) is 0.672. The molecule has 0 aromatic heterocycles. The van der Waals surface area contributed by atoms with Crippen molar-refractivity contribution in [2.75, 3.05) is 23.1 Å². The van der Waals surface area contributed by atoms with Gasteiger partial charge in [-0.05, 0) is 34.0 Å². The van der Waals surface area contributed by atoms with E-state index in [2.05, 4.69) is 15.9 Å². The third-order valence-corrected chi connectivity index (χ3v) is 3.79. The van der Waals surface area contributed by atoms with Gasteiger partial charge in [-0.2, -0.15) is 0 Å². The number of nitrogens with zero attached hydrogens (tertiary/aromatic N) is 1. The Balaban J connectivity index is 2.38. The Morgan fingerprint density at radius 1 is 1.59 bits per heavy atom. The zero-order valence-electron chi connectivity index (χ0n) is 8.92. The van der Waals surface area contributed by atoms with Gasteiger partial charge in [0.05, 0.1) is 11.4 Å². The summed E-state index contributed by atoms with van der Waals surface area (Å²) in [5, 5.41) is 0. The lowest BCUT2D eigenvalue weighted by atomic mass is 10.1. The molecule has 1 aliphatic rings. The van der Waals surface area contributed by atoms with E-state index in [1.165, 1.54) is 12.1 Å². The number of halogens is 3. The van der Waals surface area contributed by atoms with Gasteiger partial charge in [-0.25, -0.2) is 4.39 Å². The van der Waals surface area contributed by atoms with Gasteiger partial charge in [-0.15, -0.1) is 11.6 Å². The number of carbonyl (C=O) groups excluding carboxylic acids is 1. The molecule has 2 rings (SSSR count). The molecule has 1 atom stereocenters. The van der Waals surface area contributed by atoms with Crippen LogP contribution in [0.4, 0.5) is 15.8 Å². The van der Waals surface area contributed by atoms with Gasteiger partial charge in [0.1, 0.15) is 5.82 Å². The van der Waals surface area contributed by atoms with Crippen molar-refractivity contribution in [2.45, 2.75) is 6.42 Å². The van der Waals surface area contributed by atoms with Crippen LogP contribution in [0.5, 0.6) is 0 Å². The summed E-state index contributed by atoms with van der Waals surface area (Å²) < 4.78 is 13.6. The number of hydrogen-bond donors (Lipinski definition) is 1. The fourth-order valence-corrected chi connectivity index (χ4v) is 2.84. The van der Waals surface area contributed by atoms with Gasteiger partial charge in [-0.1, -0.05) is 0 Å². The van der Waals surface area contributed by atoms with Crippen LogP contribution in [0.15, 0.2) is 16.6 Å². The van der Waals surface area contributed by atoms with E-state index in [4.69, 9.17) is 17.3 Å². The molecule has 0 radical (unpaired) electrons. The molecule has 1 heterocycles. The van der Waals surface area contributed by atoms with E-state index in [1.54, 1.807) is 4.90 Å². The molecule has 1 amide bonds. The third kappa shape index (κ3) is 2.40. The predicted octanol–water partition coefficient (Wildman–Crippen LogP) is 2.76. The lowest BCUT2D eigenvalue weighted by Gasteiger charge is -2.20. The first-order chi connectivity index (χ1) is 8.02. The van der Waals surface area contributed by atoms with Crippen LogP contribution < -0.4 is 10.6 Å².